The molecule has 0 aliphatic carbocycles. The maximum absolute atomic E-state index is 10.6. The molecule has 0 aliphatic heterocycles. The van der Waals surface area contributed by atoms with Crippen molar-refractivity contribution in [3.8, 4) is 0 Å². The molecule has 0 saturated heterocycles. The van der Waals surface area contributed by atoms with Crippen LogP contribution in [-0.2, 0) is 10.1 Å². The molecular formula is C9H21NO7S. The molecule has 5 N–H and O–H groups in total. The van der Waals surface area contributed by atoms with Gasteiger partial charge in [-0.25, -0.2) is 0 Å². The summed E-state index contributed by atoms with van der Waals surface area (Å²) in [4.78, 5) is 1.44. The van der Waals surface area contributed by atoms with Crippen LogP contribution < -0.4 is 0 Å². The Morgan fingerprint density at radius 1 is 1.22 bits per heavy atom. The largest absolute Gasteiger partial charge is 0.395 e. The van der Waals surface area contributed by atoms with E-state index in [2.05, 4.69) is 0 Å². The molecule has 9 heteroatoms. The summed E-state index contributed by atoms with van der Waals surface area (Å²) in [5.41, 5.74) is -2.31. The van der Waals surface area contributed by atoms with Crippen LogP contribution in [0.4, 0.5) is 0 Å². The van der Waals surface area contributed by atoms with E-state index in [1.165, 1.54) is 4.90 Å². The average molecular weight is 287 g/mol. The number of nitrogens with zero attached hydrogens (tertiary/aromatic N) is 1. The third-order valence-corrected chi connectivity index (χ3v) is 3.57. The third-order valence-electron chi connectivity index (χ3n) is 2.64. The lowest BCUT2D eigenvalue weighted by Crippen LogP contribution is -2.48. The Hall–Kier alpha value is -0.290. The van der Waals surface area contributed by atoms with Crippen molar-refractivity contribution in [2.24, 2.45) is 0 Å². The van der Waals surface area contributed by atoms with Crippen molar-refractivity contribution in [1.29, 1.82) is 0 Å². The zero-order valence-corrected chi connectivity index (χ0v) is 11.0. The van der Waals surface area contributed by atoms with Gasteiger partial charge in [-0.2, -0.15) is 8.42 Å². The van der Waals surface area contributed by atoms with E-state index in [4.69, 9.17) is 19.9 Å². The standard InChI is InChI=1S/C9H21NO7S/c1-2-7(6-12)10(3-4-11)5-8(13)9(14)18(15,16)17/h7-9,11-14H,2-6H2,1H3,(H,15,16,17). The molecule has 3 atom stereocenters. The highest BCUT2D eigenvalue weighted by atomic mass is 32.2. The van der Waals surface area contributed by atoms with Gasteiger partial charge >= 0.3 is 0 Å². The summed E-state index contributed by atoms with van der Waals surface area (Å²) in [6.45, 7) is 1.11. The number of hydrogen-bond donors (Lipinski definition) is 5. The molecule has 0 spiro atoms. The van der Waals surface area contributed by atoms with Crippen LogP contribution in [0.25, 0.3) is 0 Å². The first kappa shape index (κ1) is 17.7. The summed E-state index contributed by atoms with van der Waals surface area (Å²) < 4.78 is 29.9. The highest BCUT2D eigenvalue weighted by Crippen LogP contribution is 2.09. The number of aliphatic hydroxyl groups excluding tert-OH is 4. The minimum absolute atomic E-state index is 0.105. The van der Waals surface area contributed by atoms with Crippen molar-refractivity contribution in [2.75, 3.05) is 26.3 Å². The third kappa shape index (κ3) is 5.57. The molecule has 0 rings (SSSR count). The van der Waals surface area contributed by atoms with Crippen molar-refractivity contribution in [3.05, 3.63) is 0 Å². The summed E-state index contributed by atoms with van der Waals surface area (Å²) in [6, 6.07) is -0.375. The van der Waals surface area contributed by atoms with Crippen molar-refractivity contribution in [3.63, 3.8) is 0 Å². The lowest BCUT2D eigenvalue weighted by atomic mass is 10.2. The van der Waals surface area contributed by atoms with Crippen molar-refractivity contribution >= 4 is 10.1 Å². The van der Waals surface area contributed by atoms with Gasteiger partial charge in [-0.05, 0) is 6.42 Å². The molecule has 0 aromatic carbocycles. The molecule has 0 aromatic rings. The normalized spacial score (nSPS) is 17.7. The van der Waals surface area contributed by atoms with E-state index in [0.717, 1.165) is 0 Å². The Morgan fingerprint density at radius 2 is 1.78 bits per heavy atom. The Bertz CT molecular complexity index is 317. The molecule has 0 aliphatic rings. The van der Waals surface area contributed by atoms with Gasteiger partial charge in [0.15, 0.2) is 0 Å². The smallest absolute Gasteiger partial charge is 0.294 e. The zero-order valence-electron chi connectivity index (χ0n) is 10.2. The topological polar surface area (TPSA) is 139 Å². The van der Waals surface area contributed by atoms with E-state index in [-0.39, 0.29) is 32.3 Å². The second-order valence-corrected chi connectivity index (χ2v) is 5.45. The summed E-state index contributed by atoms with van der Waals surface area (Å²) in [7, 11) is -4.75. The molecular weight excluding hydrogens is 266 g/mol. The van der Waals surface area contributed by atoms with Crippen LogP contribution in [0.2, 0.25) is 0 Å². The predicted octanol–water partition coefficient (Wildman–Crippen LogP) is -2.38. The first-order valence-corrected chi connectivity index (χ1v) is 7.06. The molecule has 0 aromatic heterocycles. The van der Waals surface area contributed by atoms with E-state index >= 15 is 0 Å². The molecule has 0 amide bonds. The molecule has 110 valence electrons. The van der Waals surface area contributed by atoms with Crippen molar-refractivity contribution in [2.45, 2.75) is 30.9 Å². The quantitative estimate of drug-likeness (QED) is 0.296. The minimum Gasteiger partial charge on any atom is -0.395 e. The SMILES string of the molecule is CCC(CO)N(CCO)CC(O)C(O)S(=O)(=O)O. The van der Waals surface area contributed by atoms with E-state index in [0.29, 0.717) is 6.42 Å². The van der Waals surface area contributed by atoms with Crippen LogP contribution in [0.5, 0.6) is 0 Å². The zero-order chi connectivity index (χ0) is 14.3. The first-order valence-electron chi connectivity index (χ1n) is 5.56. The number of aliphatic hydroxyl groups is 4. The van der Waals surface area contributed by atoms with Crippen LogP contribution in [-0.4, -0.2) is 82.2 Å². The second kappa shape index (κ2) is 8.00. The van der Waals surface area contributed by atoms with Gasteiger partial charge < -0.3 is 20.4 Å². The second-order valence-electron chi connectivity index (χ2n) is 3.94. The molecule has 3 unspecified atom stereocenters. The van der Waals surface area contributed by atoms with Crippen LogP contribution >= 0.6 is 0 Å². The van der Waals surface area contributed by atoms with E-state index in [1.54, 1.807) is 6.92 Å². The summed E-state index contributed by atoms with van der Waals surface area (Å²) in [5.74, 6) is 0. The van der Waals surface area contributed by atoms with E-state index in [9.17, 15) is 13.5 Å². The predicted molar refractivity (Wildman–Crippen MR) is 63.4 cm³/mol. The first-order chi connectivity index (χ1) is 8.27. The van der Waals surface area contributed by atoms with Gasteiger partial charge in [0.1, 0.15) is 6.10 Å². The monoisotopic (exact) mass is 287 g/mol. The van der Waals surface area contributed by atoms with Crippen LogP contribution in [0.15, 0.2) is 0 Å². The van der Waals surface area contributed by atoms with Crippen LogP contribution in [0.1, 0.15) is 13.3 Å². The van der Waals surface area contributed by atoms with E-state index in [1.807, 2.05) is 0 Å². The lowest BCUT2D eigenvalue weighted by Gasteiger charge is -2.31. The molecule has 0 saturated carbocycles. The molecule has 8 nitrogen and oxygen atoms in total. The highest BCUT2D eigenvalue weighted by molar-refractivity contribution is 7.86. The van der Waals surface area contributed by atoms with Crippen molar-refractivity contribution in [1.82, 2.24) is 4.90 Å². The Balaban J connectivity index is 4.67. The summed E-state index contributed by atoms with van der Waals surface area (Å²) in [6.07, 6.45) is -1.21. The maximum atomic E-state index is 10.6. The molecule has 0 heterocycles. The summed E-state index contributed by atoms with van der Waals surface area (Å²) >= 11 is 0. The van der Waals surface area contributed by atoms with Gasteiger partial charge in [0.05, 0.1) is 13.2 Å². The molecule has 18 heavy (non-hydrogen) atoms. The van der Waals surface area contributed by atoms with E-state index < -0.39 is 21.7 Å². The molecule has 0 radical (unpaired) electrons. The number of rotatable bonds is 9. The molecule has 0 fully saturated rings. The van der Waals surface area contributed by atoms with Gasteiger partial charge in [0.2, 0.25) is 5.44 Å². The Labute approximate surface area is 106 Å². The minimum atomic E-state index is -4.75. The number of hydrogen-bond acceptors (Lipinski definition) is 7. The average Bonchev–Trinajstić information content (AvgIpc) is 2.28. The fourth-order valence-electron chi connectivity index (χ4n) is 1.58. The van der Waals surface area contributed by atoms with Crippen LogP contribution in [0, 0.1) is 0 Å². The lowest BCUT2D eigenvalue weighted by molar-refractivity contribution is 0.00715. The Kier molecular flexibility index (Phi) is 7.87. The fraction of sp³-hybridized carbons (Fsp3) is 1.00. The van der Waals surface area contributed by atoms with Gasteiger partial charge in [-0.15, -0.1) is 0 Å². The fourth-order valence-corrected chi connectivity index (χ4v) is 2.07. The van der Waals surface area contributed by atoms with Gasteiger partial charge in [0, 0.05) is 19.1 Å². The van der Waals surface area contributed by atoms with Crippen molar-refractivity contribution < 1.29 is 33.4 Å². The highest BCUT2D eigenvalue weighted by Gasteiger charge is 2.31. The summed E-state index contributed by atoms with van der Waals surface area (Å²) in [5, 5.41) is 36.6. The van der Waals surface area contributed by atoms with Gasteiger partial charge in [0.25, 0.3) is 10.1 Å². The maximum Gasteiger partial charge on any atom is 0.294 e. The van der Waals surface area contributed by atoms with Gasteiger partial charge in [-0.3, -0.25) is 9.45 Å². The Morgan fingerprint density at radius 3 is 2.11 bits per heavy atom. The molecule has 0 bridgehead atoms. The van der Waals surface area contributed by atoms with Gasteiger partial charge in [-0.1, -0.05) is 6.92 Å². The van der Waals surface area contributed by atoms with Crippen LogP contribution in [0.3, 0.4) is 0 Å².